The number of carbonyl (C=O) groups is 1. The van der Waals surface area contributed by atoms with E-state index in [1.807, 2.05) is 42.8 Å². The molecule has 1 atom stereocenters. The fraction of sp³-hybridized carbons (Fsp3) is 0.192. The Bertz CT molecular complexity index is 1360. The van der Waals surface area contributed by atoms with Gasteiger partial charge in [0.15, 0.2) is 0 Å². The van der Waals surface area contributed by atoms with Crippen LogP contribution in [0.2, 0.25) is 5.02 Å². The topological polar surface area (TPSA) is 64.7 Å². The number of nitrogens with zero attached hydrogens (tertiary/aromatic N) is 4. The highest BCUT2D eigenvalue weighted by Crippen LogP contribution is 2.24. The molecule has 0 radical (unpaired) electrons. The molecule has 0 fully saturated rings. The van der Waals surface area contributed by atoms with Gasteiger partial charge in [-0.25, -0.2) is 9.37 Å². The van der Waals surface area contributed by atoms with Crippen LogP contribution in [-0.2, 0) is 18.4 Å². The second kappa shape index (κ2) is 10.1. The number of amides is 1. The number of hydrogen-bond donors (Lipinski definition) is 1. The monoisotopic (exact) mass is 477 g/mol. The maximum atomic E-state index is 14.6. The first-order valence-corrected chi connectivity index (χ1v) is 11.2. The molecule has 0 bridgehead atoms. The smallest absolute Gasteiger partial charge is 0.244 e. The summed E-state index contributed by atoms with van der Waals surface area (Å²) in [6.07, 6.45) is 6.54. The van der Waals surface area contributed by atoms with Gasteiger partial charge in [-0.2, -0.15) is 5.10 Å². The lowest BCUT2D eigenvalue weighted by Crippen LogP contribution is -2.30. The summed E-state index contributed by atoms with van der Waals surface area (Å²) in [5.41, 5.74) is 3.87. The van der Waals surface area contributed by atoms with Crippen LogP contribution in [-0.4, -0.2) is 25.2 Å². The number of imidazole rings is 1. The van der Waals surface area contributed by atoms with Crippen LogP contribution in [0, 0.1) is 19.7 Å². The minimum Gasteiger partial charge on any atom is -0.338 e. The average Bonchev–Trinajstić information content (AvgIpc) is 3.35. The molecule has 2 heterocycles. The zero-order valence-corrected chi connectivity index (χ0v) is 19.9. The van der Waals surface area contributed by atoms with Crippen LogP contribution in [0.4, 0.5) is 4.39 Å². The van der Waals surface area contributed by atoms with Crippen molar-refractivity contribution < 1.29 is 9.18 Å². The van der Waals surface area contributed by atoms with Gasteiger partial charge >= 0.3 is 0 Å². The van der Waals surface area contributed by atoms with Crippen molar-refractivity contribution in [1.29, 1.82) is 0 Å². The number of aryl methyl sites for hydroxylation is 2. The molecule has 1 N–H and O–H groups in total. The van der Waals surface area contributed by atoms with E-state index in [1.165, 1.54) is 12.1 Å². The number of hydrogen-bond acceptors (Lipinski definition) is 3. The van der Waals surface area contributed by atoms with Gasteiger partial charge in [0.1, 0.15) is 17.7 Å². The number of benzene rings is 2. The van der Waals surface area contributed by atoms with Crippen molar-refractivity contribution in [2.75, 3.05) is 0 Å². The van der Waals surface area contributed by atoms with Crippen LogP contribution < -0.4 is 5.32 Å². The first-order chi connectivity index (χ1) is 16.3. The summed E-state index contributed by atoms with van der Waals surface area (Å²) in [5.74, 6) is -0.243. The molecule has 0 aliphatic carbocycles. The summed E-state index contributed by atoms with van der Waals surface area (Å²) in [5, 5.41) is 8.18. The molecule has 0 saturated heterocycles. The number of nitrogens with one attached hydrogen (secondary N) is 1. The molecule has 34 heavy (non-hydrogen) atoms. The van der Waals surface area contributed by atoms with E-state index in [9.17, 15) is 9.18 Å². The molecule has 4 rings (SSSR count). The maximum Gasteiger partial charge on any atom is 0.244 e. The molecule has 0 spiro atoms. The molecular weight excluding hydrogens is 453 g/mol. The van der Waals surface area contributed by atoms with Gasteiger partial charge in [0, 0.05) is 47.4 Å². The Hall–Kier alpha value is -3.71. The summed E-state index contributed by atoms with van der Waals surface area (Å²) in [4.78, 5) is 17.2. The third kappa shape index (κ3) is 4.94. The zero-order chi connectivity index (χ0) is 24.2. The van der Waals surface area contributed by atoms with Crippen molar-refractivity contribution in [3.63, 3.8) is 0 Å². The van der Waals surface area contributed by atoms with Gasteiger partial charge < -0.3 is 9.88 Å². The minimum atomic E-state index is -0.733. The van der Waals surface area contributed by atoms with E-state index in [0.717, 1.165) is 22.5 Å². The average molecular weight is 478 g/mol. The third-order valence-corrected chi connectivity index (χ3v) is 6.10. The summed E-state index contributed by atoms with van der Waals surface area (Å²) in [7, 11) is 1.80. The van der Waals surface area contributed by atoms with Gasteiger partial charge in [-0.05, 0) is 37.6 Å². The summed E-state index contributed by atoms with van der Waals surface area (Å²) in [6.45, 7) is 4.37. The van der Waals surface area contributed by atoms with Crippen molar-refractivity contribution in [2.24, 2.45) is 7.05 Å². The van der Waals surface area contributed by atoms with Gasteiger partial charge in [0.2, 0.25) is 5.91 Å². The van der Waals surface area contributed by atoms with Crippen LogP contribution in [0.5, 0.6) is 0 Å². The Morgan fingerprint density at radius 2 is 1.91 bits per heavy atom. The molecule has 8 heteroatoms. The Morgan fingerprint density at radius 3 is 2.62 bits per heavy atom. The van der Waals surface area contributed by atoms with E-state index in [-0.39, 0.29) is 5.91 Å². The van der Waals surface area contributed by atoms with Gasteiger partial charge in [-0.3, -0.25) is 9.48 Å². The van der Waals surface area contributed by atoms with Crippen molar-refractivity contribution in [3.8, 4) is 0 Å². The van der Waals surface area contributed by atoms with Gasteiger partial charge in [-0.15, -0.1) is 0 Å². The van der Waals surface area contributed by atoms with Crippen LogP contribution in [0.1, 0.15) is 39.9 Å². The molecular formula is C26H25ClFN5O. The number of carbonyl (C=O) groups excluding carboxylic acids is 1. The molecule has 0 saturated carbocycles. The Kier molecular flexibility index (Phi) is 6.93. The second-order valence-electron chi connectivity index (χ2n) is 8.03. The van der Waals surface area contributed by atoms with E-state index < -0.39 is 11.9 Å². The fourth-order valence-corrected chi connectivity index (χ4v) is 4.08. The lowest BCUT2D eigenvalue weighted by molar-refractivity contribution is -0.117. The Labute approximate surface area is 202 Å². The predicted octanol–water partition coefficient (Wildman–Crippen LogP) is 4.99. The number of rotatable bonds is 7. The van der Waals surface area contributed by atoms with E-state index in [2.05, 4.69) is 15.4 Å². The molecule has 1 unspecified atom stereocenters. The lowest BCUT2D eigenvalue weighted by Gasteiger charge is -2.18. The highest BCUT2D eigenvalue weighted by Gasteiger charge is 2.23. The molecule has 2 aromatic carbocycles. The van der Waals surface area contributed by atoms with E-state index >= 15 is 0 Å². The highest BCUT2D eigenvalue weighted by molar-refractivity contribution is 6.31. The van der Waals surface area contributed by atoms with E-state index in [4.69, 9.17) is 11.6 Å². The van der Waals surface area contributed by atoms with Crippen LogP contribution in [0.3, 0.4) is 0 Å². The molecule has 4 aromatic rings. The standard InChI is InChI=1S/C26H25ClFN5O/c1-17-20(18(2)33(31-17)16-19-8-4-6-10-22(19)27)12-13-24(34)30-25(26-29-14-15-32(26)3)21-9-5-7-11-23(21)28/h4-15,25H,16H2,1-3H3,(H,30,34)/b13-12+. The van der Waals surface area contributed by atoms with Gasteiger partial charge in [-0.1, -0.05) is 48.0 Å². The molecule has 0 aliphatic rings. The van der Waals surface area contributed by atoms with Crippen LogP contribution in [0.15, 0.2) is 67.0 Å². The number of aromatic nitrogens is 4. The Balaban J connectivity index is 1.56. The molecule has 1 amide bonds. The first kappa shape index (κ1) is 23.4. The quantitative estimate of drug-likeness (QED) is 0.381. The van der Waals surface area contributed by atoms with Crippen LogP contribution >= 0.6 is 11.6 Å². The van der Waals surface area contributed by atoms with Crippen molar-refractivity contribution in [1.82, 2.24) is 24.6 Å². The van der Waals surface area contributed by atoms with Crippen molar-refractivity contribution in [3.05, 3.63) is 112 Å². The highest BCUT2D eigenvalue weighted by atomic mass is 35.5. The molecule has 2 aromatic heterocycles. The summed E-state index contributed by atoms with van der Waals surface area (Å²) < 4.78 is 18.2. The fourth-order valence-electron chi connectivity index (χ4n) is 3.89. The molecule has 6 nitrogen and oxygen atoms in total. The second-order valence-corrected chi connectivity index (χ2v) is 8.43. The number of halogens is 2. The lowest BCUT2D eigenvalue weighted by atomic mass is 10.1. The molecule has 0 aliphatic heterocycles. The van der Waals surface area contributed by atoms with Crippen molar-refractivity contribution in [2.45, 2.75) is 26.4 Å². The third-order valence-electron chi connectivity index (χ3n) is 5.74. The normalized spacial score (nSPS) is 12.3. The minimum absolute atomic E-state index is 0.346. The van der Waals surface area contributed by atoms with Gasteiger partial charge in [0.25, 0.3) is 0 Å². The zero-order valence-electron chi connectivity index (χ0n) is 19.2. The molecule has 174 valence electrons. The summed E-state index contributed by atoms with van der Waals surface area (Å²) >= 11 is 6.30. The summed E-state index contributed by atoms with van der Waals surface area (Å²) in [6, 6.07) is 13.3. The Morgan fingerprint density at radius 1 is 1.18 bits per heavy atom. The van der Waals surface area contributed by atoms with Crippen molar-refractivity contribution >= 4 is 23.6 Å². The van der Waals surface area contributed by atoms with E-state index in [0.29, 0.717) is 23.0 Å². The van der Waals surface area contributed by atoms with E-state index in [1.54, 1.807) is 48.3 Å². The van der Waals surface area contributed by atoms with Gasteiger partial charge in [0.05, 0.1) is 12.2 Å². The first-order valence-electron chi connectivity index (χ1n) is 10.8. The maximum absolute atomic E-state index is 14.6. The van der Waals surface area contributed by atoms with Crippen LogP contribution in [0.25, 0.3) is 6.08 Å². The SMILES string of the molecule is Cc1nn(Cc2ccccc2Cl)c(C)c1/C=C/C(=O)NC(c1ccccc1F)c1nccn1C. The largest absolute Gasteiger partial charge is 0.338 e. The predicted molar refractivity (Wildman–Crippen MR) is 131 cm³/mol.